The van der Waals surface area contributed by atoms with Crippen molar-refractivity contribution in [1.29, 1.82) is 0 Å². The SMILES string of the molecule is CC(=O)NCC1CN(c2ccc(-c3ccc(C=NNC(N)=S)c(F)c3)cc2)C(=O)O1. The van der Waals surface area contributed by atoms with Crippen LogP contribution in [0.3, 0.4) is 0 Å². The second-order valence-electron chi connectivity index (χ2n) is 6.57. The first kappa shape index (κ1) is 21.2. The van der Waals surface area contributed by atoms with Crippen LogP contribution in [-0.4, -0.2) is 42.5 Å². The highest BCUT2D eigenvalue weighted by atomic mass is 32.1. The summed E-state index contributed by atoms with van der Waals surface area (Å²) in [5, 5.41) is 6.37. The largest absolute Gasteiger partial charge is 0.442 e. The van der Waals surface area contributed by atoms with Gasteiger partial charge in [-0.25, -0.2) is 9.18 Å². The third-order valence-electron chi connectivity index (χ3n) is 4.34. The Morgan fingerprint density at radius 3 is 2.67 bits per heavy atom. The number of halogens is 1. The second-order valence-corrected chi connectivity index (χ2v) is 7.01. The quantitative estimate of drug-likeness (QED) is 0.369. The molecule has 0 bridgehead atoms. The molecule has 0 aliphatic carbocycles. The Morgan fingerprint density at radius 1 is 1.33 bits per heavy atom. The van der Waals surface area contributed by atoms with Gasteiger partial charge in [-0.05, 0) is 47.6 Å². The maximum atomic E-state index is 14.3. The lowest BCUT2D eigenvalue weighted by atomic mass is 10.0. The number of benzene rings is 2. The number of amides is 2. The Bertz CT molecular complexity index is 996. The summed E-state index contributed by atoms with van der Waals surface area (Å²) in [4.78, 5) is 24.6. The molecule has 2 aromatic carbocycles. The lowest BCUT2D eigenvalue weighted by Gasteiger charge is -2.14. The number of anilines is 1. The number of thiocarbonyl (C=S) groups is 1. The monoisotopic (exact) mass is 429 g/mol. The molecule has 1 heterocycles. The van der Waals surface area contributed by atoms with Crippen LogP contribution in [-0.2, 0) is 9.53 Å². The van der Waals surface area contributed by atoms with Crippen molar-refractivity contribution in [3.8, 4) is 11.1 Å². The number of ether oxygens (including phenoxy) is 1. The molecular formula is C20H20FN5O3S. The summed E-state index contributed by atoms with van der Waals surface area (Å²) < 4.78 is 19.6. The number of rotatable bonds is 6. The van der Waals surface area contributed by atoms with Crippen molar-refractivity contribution in [2.45, 2.75) is 13.0 Å². The number of nitrogens with one attached hydrogen (secondary N) is 2. The molecule has 2 amide bonds. The number of carbonyl (C=O) groups excluding carboxylic acids is 2. The summed E-state index contributed by atoms with van der Waals surface area (Å²) in [6, 6.07) is 11.8. The maximum Gasteiger partial charge on any atom is 0.414 e. The standard InChI is InChI=1S/C20H20FN5O3S/c1-12(27)23-10-17-11-26(20(28)29-17)16-6-4-13(5-7-16)14-2-3-15(18(21)8-14)9-24-25-19(22)30/h2-9,17H,10-11H2,1H3,(H,23,27)(H3,22,25,30). The van der Waals surface area contributed by atoms with E-state index >= 15 is 0 Å². The predicted octanol–water partition coefficient (Wildman–Crippen LogP) is 2.12. The first-order valence-corrected chi connectivity index (χ1v) is 9.45. The van der Waals surface area contributed by atoms with Crippen molar-refractivity contribution in [3.05, 3.63) is 53.8 Å². The van der Waals surface area contributed by atoms with Gasteiger partial charge >= 0.3 is 6.09 Å². The molecule has 8 nitrogen and oxygen atoms in total. The van der Waals surface area contributed by atoms with Crippen molar-refractivity contribution >= 4 is 41.2 Å². The van der Waals surface area contributed by atoms with Crippen LogP contribution in [0.4, 0.5) is 14.9 Å². The van der Waals surface area contributed by atoms with E-state index in [1.165, 1.54) is 24.1 Å². The molecular weight excluding hydrogens is 409 g/mol. The van der Waals surface area contributed by atoms with E-state index in [1.807, 2.05) is 0 Å². The number of cyclic esters (lactones) is 1. The van der Waals surface area contributed by atoms with Gasteiger partial charge in [-0.15, -0.1) is 0 Å². The molecule has 1 aliphatic rings. The normalized spacial score (nSPS) is 15.9. The summed E-state index contributed by atoms with van der Waals surface area (Å²) in [7, 11) is 0. The molecule has 156 valence electrons. The van der Waals surface area contributed by atoms with Gasteiger partial charge in [0.2, 0.25) is 5.91 Å². The fraction of sp³-hybridized carbons (Fsp3) is 0.200. The summed E-state index contributed by atoms with van der Waals surface area (Å²) >= 11 is 4.63. The molecule has 3 rings (SSSR count). The van der Waals surface area contributed by atoms with Crippen molar-refractivity contribution in [3.63, 3.8) is 0 Å². The Morgan fingerprint density at radius 2 is 2.03 bits per heavy atom. The molecule has 0 spiro atoms. The molecule has 0 aromatic heterocycles. The Hall–Kier alpha value is -3.53. The summed E-state index contributed by atoms with van der Waals surface area (Å²) in [5.74, 6) is -0.633. The van der Waals surface area contributed by atoms with Gasteiger partial charge in [-0.1, -0.05) is 18.2 Å². The van der Waals surface area contributed by atoms with E-state index in [1.54, 1.807) is 36.4 Å². The average molecular weight is 429 g/mol. The van der Waals surface area contributed by atoms with Crippen molar-refractivity contribution in [1.82, 2.24) is 10.7 Å². The van der Waals surface area contributed by atoms with Crippen LogP contribution in [0.2, 0.25) is 0 Å². The number of hydrogen-bond acceptors (Lipinski definition) is 5. The first-order chi connectivity index (χ1) is 14.3. The molecule has 1 fully saturated rings. The summed E-state index contributed by atoms with van der Waals surface area (Å²) in [6.45, 7) is 2.00. The molecule has 2 aromatic rings. The zero-order valence-electron chi connectivity index (χ0n) is 16.1. The van der Waals surface area contributed by atoms with Crippen molar-refractivity contribution in [2.24, 2.45) is 10.8 Å². The van der Waals surface area contributed by atoms with Crippen LogP contribution < -0.4 is 21.4 Å². The van der Waals surface area contributed by atoms with Gasteiger partial charge in [-0.3, -0.25) is 15.1 Å². The minimum atomic E-state index is -0.474. The summed E-state index contributed by atoms with van der Waals surface area (Å²) in [6.07, 6.45) is 0.406. The number of hydrazone groups is 1. The van der Waals surface area contributed by atoms with Crippen LogP contribution in [0.5, 0.6) is 0 Å². The predicted molar refractivity (Wildman–Crippen MR) is 116 cm³/mol. The zero-order valence-corrected chi connectivity index (χ0v) is 16.9. The third kappa shape index (κ3) is 5.29. The molecule has 0 saturated carbocycles. The lowest BCUT2D eigenvalue weighted by molar-refractivity contribution is -0.119. The zero-order chi connectivity index (χ0) is 21.7. The highest BCUT2D eigenvalue weighted by Crippen LogP contribution is 2.27. The number of carbonyl (C=O) groups is 2. The van der Waals surface area contributed by atoms with E-state index in [9.17, 15) is 14.0 Å². The Labute approximate surface area is 177 Å². The molecule has 30 heavy (non-hydrogen) atoms. The molecule has 1 saturated heterocycles. The van der Waals surface area contributed by atoms with E-state index in [0.29, 0.717) is 17.8 Å². The minimum Gasteiger partial charge on any atom is -0.442 e. The Kier molecular flexibility index (Phi) is 6.58. The van der Waals surface area contributed by atoms with E-state index < -0.39 is 18.0 Å². The van der Waals surface area contributed by atoms with E-state index in [-0.39, 0.29) is 23.1 Å². The number of nitrogens with zero attached hydrogens (tertiary/aromatic N) is 2. The van der Waals surface area contributed by atoms with Crippen LogP contribution in [0.25, 0.3) is 11.1 Å². The van der Waals surface area contributed by atoms with Gasteiger partial charge in [0.1, 0.15) is 11.9 Å². The smallest absolute Gasteiger partial charge is 0.414 e. The molecule has 1 unspecified atom stereocenters. The van der Waals surface area contributed by atoms with E-state index in [0.717, 1.165) is 5.56 Å². The number of hydrogen-bond donors (Lipinski definition) is 3. The molecule has 1 aliphatic heterocycles. The first-order valence-electron chi connectivity index (χ1n) is 9.04. The van der Waals surface area contributed by atoms with Gasteiger partial charge in [0.15, 0.2) is 5.11 Å². The van der Waals surface area contributed by atoms with Gasteiger partial charge in [0.05, 0.1) is 19.3 Å². The third-order valence-corrected chi connectivity index (χ3v) is 4.44. The van der Waals surface area contributed by atoms with Gasteiger partial charge in [0, 0.05) is 18.2 Å². The van der Waals surface area contributed by atoms with Gasteiger partial charge in [0.25, 0.3) is 0 Å². The van der Waals surface area contributed by atoms with Crippen molar-refractivity contribution < 1.29 is 18.7 Å². The van der Waals surface area contributed by atoms with Crippen LogP contribution >= 0.6 is 12.2 Å². The van der Waals surface area contributed by atoms with Crippen LogP contribution in [0, 0.1) is 5.82 Å². The van der Waals surface area contributed by atoms with Crippen molar-refractivity contribution in [2.75, 3.05) is 18.0 Å². The van der Waals surface area contributed by atoms with Gasteiger partial charge < -0.3 is 15.8 Å². The Balaban J connectivity index is 1.69. The van der Waals surface area contributed by atoms with Crippen LogP contribution in [0.1, 0.15) is 12.5 Å². The topological polar surface area (TPSA) is 109 Å². The summed E-state index contributed by atoms with van der Waals surface area (Å²) in [5.41, 5.74) is 10.0. The minimum absolute atomic E-state index is 0.00770. The van der Waals surface area contributed by atoms with Gasteiger partial charge in [-0.2, -0.15) is 5.10 Å². The maximum absolute atomic E-state index is 14.3. The molecule has 1 atom stereocenters. The highest BCUT2D eigenvalue weighted by Gasteiger charge is 2.32. The molecule has 0 radical (unpaired) electrons. The van der Waals surface area contributed by atoms with E-state index in [2.05, 4.69) is 28.1 Å². The fourth-order valence-electron chi connectivity index (χ4n) is 2.91. The molecule has 4 N–H and O–H groups in total. The average Bonchev–Trinajstić information content (AvgIpc) is 3.08. The highest BCUT2D eigenvalue weighted by molar-refractivity contribution is 7.80. The fourth-order valence-corrected chi connectivity index (χ4v) is 2.96. The van der Waals surface area contributed by atoms with E-state index in [4.69, 9.17) is 10.5 Å². The molecule has 10 heteroatoms. The number of nitrogens with two attached hydrogens (primary N) is 1. The lowest BCUT2D eigenvalue weighted by Crippen LogP contribution is -2.33. The van der Waals surface area contributed by atoms with Crippen LogP contribution in [0.15, 0.2) is 47.6 Å². The second kappa shape index (κ2) is 9.31.